The van der Waals surface area contributed by atoms with Crippen molar-refractivity contribution in [1.82, 2.24) is 24.4 Å². The number of pyridine rings is 1. The van der Waals surface area contributed by atoms with E-state index >= 15 is 0 Å². The summed E-state index contributed by atoms with van der Waals surface area (Å²) in [7, 11) is -3.08. The highest BCUT2D eigenvalue weighted by Gasteiger charge is 2.41. The summed E-state index contributed by atoms with van der Waals surface area (Å²) in [4.78, 5) is 36.7. The molecule has 17 heteroatoms. The third-order valence-corrected chi connectivity index (χ3v) is 18.4. The molecular formula is C65H67ClN8O7S. The maximum atomic E-state index is 14.7. The molecule has 1 amide bonds. The summed E-state index contributed by atoms with van der Waals surface area (Å²) in [5.74, 6) is -0.572. The van der Waals surface area contributed by atoms with E-state index in [9.17, 15) is 28.4 Å². The lowest BCUT2D eigenvalue weighted by Gasteiger charge is -2.39. The van der Waals surface area contributed by atoms with Gasteiger partial charge in [0.2, 0.25) is 5.82 Å². The van der Waals surface area contributed by atoms with Gasteiger partial charge in [0.25, 0.3) is 15.9 Å². The summed E-state index contributed by atoms with van der Waals surface area (Å²) >= 11 is 6.32. The Hall–Kier alpha value is -7.89. The number of aliphatic hydroxyl groups is 1. The van der Waals surface area contributed by atoms with Crippen molar-refractivity contribution < 1.29 is 28.0 Å². The van der Waals surface area contributed by atoms with Crippen molar-refractivity contribution in [1.29, 1.82) is 0 Å². The van der Waals surface area contributed by atoms with Crippen LogP contribution in [0.25, 0.3) is 16.5 Å². The monoisotopic (exact) mass is 1140 g/mol. The van der Waals surface area contributed by atoms with Gasteiger partial charge in [-0.15, -0.1) is 0 Å². The zero-order valence-corrected chi connectivity index (χ0v) is 48.1. The quantitative estimate of drug-likeness (QED) is 0.0533. The summed E-state index contributed by atoms with van der Waals surface area (Å²) in [6.07, 6.45) is 8.02. The van der Waals surface area contributed by atoms with Crippen molar-refractivity contribution >= 4 is 61.2 Å². The van der Waals surface area contributed by atoms with Crippen molar-refractivity contribution in [3.05, 3.63) is 219 Å². The molecule has 0 radical (unpaired) electrons. The van der Waals surface area contributed by atoms with Crippen LogP contribution in [0.5, 0.6) is 11.5 Å². The van der Waals surface area contributed by atoms with Gasteiger partial charge in [-0.2, -0.15) is 5.10 Å². The number of nitro groups is 1. The van der Waals surface area contributed by atoms with Crippen LogP contribution in [0.2, 0.25) is 5.02 Å². The zero-order chi connectivity index (χ0) is 57.4. The standard InChI is InChI=1S/C65H67ClN8O7S/c1-63(2)32-29-46(55(41-63)45-23-25-50(66)26-24-45)44-71-35-37-72(38-36-71)52-27-28-54(62(75)69-82(79,80)53-40-58(74(77)78)61(67-42-53)70(4)51-30-33-64(3,76)34-31-51)60(39-52)81-59-22-14-21-57-56(59)43-68-73(57)65(47-15-8-5-9-16-47,48-17-10-6-11-18-48)49-19-12-7-13-20-49/h5-28,39-40,42-43,51,76H,29-38,41,44H2,1-4H3,(H,69,75)/t51-,64+. The van der Waals surface area contributed by atoms with Crippen molar-refractivity contribution in [2.24, 2.45) is 5.41 Å². The molecule has 0 unspecified atom stereocenters. The van der Waals surface area contributed by atoms with Gasteiger partial charge in [0.05, 0.1) is 39.4 Å². The van der Waals surface area contributed by atoms with Gasteiger partial charge < -0.3 is 19.6 Å². The first-order valence-corrected chi connectivity index (χ1v) is 29.8. The summed E-state index contributed by atoms with van der Waals surface area (Å²) in [6, 6.07) is 50.3. The third-order valence-electron chi connectivity index (χ3n) is 16.9. The number of nitrogens with zero attached hydrogens (tertiary/aromatic N) is 7. The van der Waals surface area contributed by atoms with Gasteiger partial charge in [-0.3, -0.25) is 19.8 Å². The van der Waals surface area contributed by atoms with Gasteiger partial charge in [-0.1, -0.05) is 140 Å². The third kappa shape index (κ3) is 11.4. The number of benzene rings is 6. The van der Waals surface area contributed by atoms with Gasteiger partial charge in [0, 0.05) is 68.7 Å². The second-order valence-electron chi connectivity index (χ2n) is 23.1. The number of fused-ring (bicyclic) bond motifs is 1. The Labute approximate surface area is 484 Å². The number of ether oxygens (including phenoxy) is 1. The van der Waals surface area contributed by atoms with Gasteiger partial charge in [0.1, 0.15) is 21.9 Å². The molecule has 422 valence electrons. The molecule has 6 aromatic carbocycles. The molecule has 2 N–H and O–H groups in total. The van der Waals surface area contributed by atoms with Crippen LogP contribution in [0.4, 0.5) is 17.2 Å². The van der Waals surface area contributed by atoms with E-state index in [1.807, 2.05) is 83.5 Å². The molecule has 15 nitrogen and oxygen atoms in total. The second-order valence-corrected chi connectivity index (χ2v) is 25.2. The lowest BCUT2D eigenvalue weighted by molar-refractivity contribution is -0.384. The number of anilines is 2. The second kappa shape index (κ2) is 22.8. The first kappa shape index (κ1) is 56.0. The largest absolute Gasteiger partial charge is 0.456 e. The van der Waals surface area contributed by atoms with E-state index in [1.54, 1.807) is 49.3 Å². The first-order valence-electron chi connectivity index (χ1n) is 28.0. The maximum absolute atomic E-state index is 14.7. The summed E-state index contributed by atoms with van der Waals surface area (Å²) in [5.41, 5.74) is 6.25. The Morgan fingerprint density at radius 3 is 2.04 bits per heavy atom. The van der Waals surface area contributed by atoms with Crippen LogP contribution < -0.4 is 19.3 Å². The van der Waals surface area contributed by atoms with Crippen molar-refractivity contribution in [2.45, 2.75) is 87.8 Å². The molecule has 0 bridgehead atoms. The molecule has 2 aliphatic carbocycles. The molecule has 11 rings (SSSR count). The Bertz CT molecular complexity index is 3690. The number of amides is 1. The van der Waals surface area contributed by atoms with E-state index in [2.05, 4.69) is 81.9 Å². The van der Waals surface area contributed by atoms with Crippen LogP contribution >= 0.6 is 11.6 Å². The smallest absolute Gasteiger partial charge is 0.312 e. The molecule has 1 saturated heterocycles. The zero-order valence-electron chi connectivity index (χ0n) is 46.5. The molecule has 2 fully saturated rings. The van der Waals surface area contributed by atoms with E-state index in [-0.39, 0.29) is 28.6 Å². The van der Waals surface area contributed by atoms with Crippen molar-refractivity contribution in [3.8, 4) is 11.5 Å². The van der Waals surface area contributed by atoms with Crippen LogP contribution in [-0.4, -0.2) is 95.4 Å². The minimum Gasteiger partial charge on any atom is -0.456 e. The SMILES string of the molecule is CN(c1ncc(S(=O)(=O)NC(=O)c2ccc(N3CCN(CC4=C(c5ccc(Cl)cc5)CC(C)(C)CC4)CC3)cc2Oc2cccc3c2cnn3C(c2ccccc2)(c2ccccc2)c2ccccc2)cc1[N+](=O)[O-])[C@H]1CC[C@@](C)(O)CC1. The van der Waals surface area contributed by atoms with Gasteiger partial charge in [-0.05, 0) is 122 Å². The van der Waals surface area contributed by atoms with Crippen LogP contribution in [0.1, 0.15) is 98.3 Å². The van der Waals surface area contributed by atoms with E-state index in [4.69, 9.17) is 21.4 Å². The number of sulfonamides is 1. The highest BCUT2D eigenvalue weighted by molar-refractivity contribution is 7.90. The van der Waals surface area contributed by atoms with Crippen LogP contribution in [-0.2, 0) is 15.6 Å². The molecule has 3 aliphatic rings. The number of allylic oxidation sites excluding steroid dienone is 1. The van der Waals surface area contributed by atoms with Crippen LogP contribution in [0, 0.1) is 15.5 Å². The van der Waals surface area contributed by atoms with E-state index in [0.29, 0.717) is 54.9 Å². The Balaban J connectivity index is 0.937. The predicted octanol–water partition coefficient (Wildman–Crippen LogP) is 12.7. The summed E-state index contributed by atoms with van der Waals surface area (Å²) in [6.45, 7) is 10.2. The van der Waals surface area contributed by atoms with Crippen LogP contribution in [0.15, 0.2) is 181 Å². The highest BCUT2D eigenvalue weighted by Crippen LogP contribution is 2.46. The van der Waals surface area contributed by atoms with Crippen molar-refractivity contribution in [2.75, 3.05) is 49.6 Å². The fraction of sp³-hybridized carbons (Fsp3) is 0.308. The average Bonchev–Trinajstić information content (AvgIpc) is 2.45. The number of hydrogen-bond donors (Lipinski definition) is 2. The van der Waals surface area contributed by atoms with E-state index in [0.717, 1.165) is 79.1 Å². The van der Waals surface area contributed by atoms with Crippen LogP contribution in [0.3, 0.4) is 0 Å². The topological polar surface area (TPSA) is 176 Å². The fourth-order valence-corrected chi connectivity index (χ4v) is 13.3. The van der Waals surface area contributed by atoms with Crippen molar-refractivity contribution in [3.63, 3.8) is 0 Å². The fourth-order valence-electron chi connectivity index (χ4n) is 12.3. The first-order chi connectivity index (χ1) is 39.4. The highest BCUT2D eigenvalue weighted by atomic mass is 35.5. The number of carbonyl (C=O) groups is 1. The number of piperazine rings is 1. The number of rotatable bonds is 16. The number of nitrogens with one attached hydrogen (secondary N) is 1. The Kier molecular flexibility index (Phi) is 15.6. The predicted molar refractivity (Wildman–Crippen MR) is 322 cm³/mol. The van der Waals surface area contributed by atoms with E-state index in [1.165, 1.54) is 16.7 Å². The molecule has 1 aliphatic heterocycles. The Morgan fingerprint density at radius 2 is 1.43 bits per heavy atom. The molecule has 2 aromatic heterocycles. The number of hydrogen-bond acceptors (Lipinski definition) is 12. The molecule has 8 aromatic rings. The number of aromatic nitrogens is 3. The minimum atomic E-state index is -4.75. The Morgan fingerprint density at radius 1 is 0.805 bits per heavy atom. The summed E-state index contributed by atoms with van der Waals surface area (Å²) < 4.78 is 39.6. The minimum absolute atomic E-state index is 0.0159. The molecule has 0 atom stereocenters. The number of halogens is 1. The average molecular weight is 1140 g/mol. The van der Waals surface area contributed by atoms with Gasteiger partial charge in [0.15, 0.2) is 0 Å². The molecule has 0 spiro atoms. The lowest BCUT2D eigenvalue weighted by atomic mass is 9.72. The molecule has 82 heavy (non-hydrogen) atoms. The molecule has 3 heterocycles. The van der Waals surface area contributed by atoms with E-state index < -0.39 is 42.6 Å². The maximum Gasteiger partial charge on any atom is 0.312 e. The van der Waals surface area contributed by atoms with Gasteiger partial charge >= 0.3 is 5.69 Å². The summed E-state index contributed by atoms with van der Waals surface area (Å²) in [5, 5.41) is 29.6. The lowest BCUT2D eigenvalue weighted by Crippen LogP contribution is -2.47. The normalized spacial score (nSPS) is 18.8. The van der Waals surface area contributed by atoms with Gasteiger partial charge in [-0.25, -0.2) is 22.8 Å². The number of carbonyl (C=O) groups excluding carboxylic acids is 1. The molecule has 1 saturated carbocycles. The molecular weight excluding hydrogens is 1070 g/mol.